The van der Waals surface area contributed by atoms with Crippen LogP contribution in [0.5, 0.6) is 0 Å². The summed E-state index contributed by atoms with van der Waals surface area (Å²) >= 11 is 0. The van der Waals surface area contributed by atoms with Crippen molar-refractivity contribution in [1.29, 1.82) is 0 Å². The van der Waals surface area contributed by atoms with Crippen LogP contribution in [0.2, 0.25) is 0 Å². The van der Waals surface area contributed by atoms with E-state index in [-0.39, 0.29) is 20.1 Å². The number of benzene rings is 7. The standard InChI is InChI=1S/C43H28N.Ir/c1-3-19-39-30(11-1)13-9-21-41(39)37-27-36(28-38(29-37)42-22-10-14-31-12-2-4-20-40(31)42)34-17-7-15-32(25-34)33-16-8-18-35(26-33)43-23-5-6-24-44-43;/h1-17,19-29H;/q-1;. The van der Waals surface area contributed by atoms with Crippen LogP contribution in [0.1, 0.15) is 0 Å². The first-order valence-corrected chi connectivity index (χ1v) is 15.0. The fourth-order valence-corrected chi connectivity index (χ4v) is 6.25. The molecule has 0 aliphatic carbocycles. The van der Waals surface area contributed by atoms with Gasteiger partial charge in [0.2, 0.25) is 0 Å². The zero-order chi connectivity index (χ0) is 29.3. The average molecular weight is 751 g/mol. The SMILES string of the molecule is [Ir].[c-]1ccc(-c2cccc(-c3cc(-c4cccc5ccccc45)cc(-c4cccc5ccccc45)c3)c2)cc1-c1ccccn1. The molecule has 0 aliphatic heterocycles. The van der Waals surface area contributed by atoms with Crippen LogP contribution in [0.25, 0.3) is 77.3 Å². The van der Waals surface area contributed by atoms with Gasteiger partial charge < -0.3 is 4.98 Å². The first-order valence-electron chi connectivity index (χ1n) is 15.0. The Labute approximate surface area is 277 Å². The molecule has 0 fully saturated rings. The summed E-state index contributed by atoms with van der Waals surface area (Å²) in [6.07, 6.45) is 1.83. The summed E-state index contributed by atoms with van der Waals surface area (Å²) in [5.74, 6) is 0. The minimum atomic E-state index is 0. The van der Waals surface area contributed by atoms with Crippen molar-refractivity contribution in [3.8, 4) is 55.8 Å². The van der Waals surface area contributed by atoms with Crippen LogP contribution in [0.4, 0.5) is 0 Å². The van der Waals surface area contributed by atoms with Crippen molar-refractivity contribution >= 4 is 21.5 Å². The van der Waals surface area contributed by atoms with Gasteiger partial charge in [-0.3, -0.25) is 0 Å². The number of hydrogen-bond donors (Lipinski definition) is 0. The van der Waals surface area contributed by atoms with Crippen molar-refractivity contribution in [1.82, 2.24) is 4.98 Å². The van der Waals surface area contributed by atoms with Crippen molar-refractivity contribution < 1.29 is 20.1 Å². The van der Waals surface area contributed by atoms with Gasteiger partial charge in [0.25, 0.3) is 0 Å². The van der Waals surface area contributed by atoms with Crippen LogP contribution in [-0.2, 0) is 20.1 Å². The van der Waals surface area contributed by atoms with Crippen molar-refractivity contribution in [3.63, 3.8) is 0 Å². The smallest absolute Gasteiger partial charge is 0.0160 e. The van der Waals surface area contributed by atoms with Crippen LogP contribution < -0.4 is 0 Å². The first kappa shape index (κ1) is 28.6. The van der Waals surface area contributed by atoms with Crippen molar-refractivity contribution in [2.45, 2.75) is 0 Å². The van der Waals surface area contributed by atoms with Gasteiger partial charge in [-0.2, -0.15) is 0 Å². The fraction of sp³-hybridized carbons (Fsp3) is 0. The Kier molecular flexibility index (Phi) is 7.92. The van der Waals surface area contributed by atoms with E-state index < -0.39 is 0 Å². The van der Waals surface area contributed by atoms with Gasteiger partial charge in [-0.15, -0.1) is 35.4 Å². The molecule has 1 aromatic heterocycles. The van der Waals surface area contributed by atoms with E-state index in [2.05, 4.69) is 151 Å². The zero-order valence-electron chi connectivity index (χ0n) is 24.4. The van der Waals surface area contributed by atoms with Gasteiger partial charge in [0.1, 0.15) is 0 Å². The van der Waals surface area contributed by atoms with E-state index >= 15 is 0 Å². The Hall–Kier alpha value is -5.14. The van der Waals surface area contributed by atoms with Crippen LogP contribution >= 0.6 is 0 Å². The Morgan fingerprint density at radius 3 is 1.56 bits per heavy atom. The molecular weight excluding hydrogens is 723 g/mol. The molecule has 2 heteroatoms. The van der Waals surface area contributed by atoms with Gasteiger partial charge in [0, 0.05) is 26.3 Å². The van der Waals surface area contributed by atoms with E-state index in [0.29, 0.717) is 0 Å². The maximum Gasteiger partial charge on any atom is 0.0160 e. The van der Waals surface area contributed by atoms with E-state index in [4.69, 9.17) is 0 Å². The molecule has 45 heavy (non-hydrogen) atoms. The molecule has 8 aromatic rings. The van der Waals surface area contributed by atoms with Gasteiger partial charge >= 0.3 is 0 Å². The van der Waals surface area contributed by atoms with E-state index in [9.17, 15) is 0 Å². The minimum Gasteiger partial charge on any atom is -0.305 e. The zero-order valence-corrected chi connectivity index (χ0v) is 26.8. The van der Waals surface area contributed by atoms with Crippen molar-refractivity contribution in [2.75, 3.05) is 0 Å². The third-order valence-corrected chi connectivity index (χ3v) is 8.41. The predicted octanol–water partition coefficient (Wildman–Crippen LogP) is 11.5. The van der Waals surface area contributed by atoms with E-state index in [1.807, 2.05) is 30.5 Å². The molecule has 0 saturated heterocycles. The summed E-state index contributed by atoms with van der Waals surface area (Å²) in [6, 6.07) is 62.0. The molecule has 8 rings (SSSR count). The number of rotatable bonds is 5. The summed E-state index contributed by atoms with van der Waals surface area (Å²) < 4.78 is 0. The molecule has 0 N–H and O–H groups in total. The number of pyridine rings is 1. The number of nitrogens with zero attached hydrogens (tertiary/aromatic N) is 1. The maximum atomic E-state index is 4.54. The summed E-state index contributed by atoms with van der Waals surface area (Å²) in [5.41, 5.74) is 11.5. The Bertz CT molecular complexity index is 2180. The summed E-state index contributed by atoms with van der Waals surface area (Å²) in [6.45, 7) is 0. The summed E-state index contributed by atoms with van der Waals surface area (Å²) in [7, 11) is 0. The van der Waals surface area contributed by atoms with Crippen LogP contribution in [0.15, 0.2) is 170 Å². The van der Waals surface area contributed by atoms with E-state index in [1.54, 1.807) is 0 Å². The van der Waals surface area contributed by atoms with E-state index in [1.165, 1.54) is 54.9 Å². The van der Waals surface area contributed by atoms with Crippen LogP contribution in [-0.4, -0.2) is 4.98 Å². The second-order valence-corrected chi connectivity index (χ2v) is 11.1. The van der Waals surface area contributed by atoms with Gasteiger partial charge in [0.15, 0.2) is 0 Å². The Morgan fingerprint density at radius 2 is 0.911 bits per heavy atom. The molecule has 1 radical (unpaired) electrons. The van der Waals surface area contributed by atoms with Crippen molar-refractivity contribution in [2.24, 2.45) is 0 Å². The minimum absolute atomic E-state index is 0. The van der Waals surface area contributed by atoms with Gasteiger partial charge in [-0.25, -0.2) is 0 Å². The molecule has 7 aromatic carbocycles. The summed E-state index contributed by atoms with van der Waals surface area (Å²) in [5, 5.41) is 5.00. The molecular formula is C43H28IrN-. The Morgan fingerprint density at radius 1 is 0.400 bits per heavy atom. The largest absolute Gasteiger partial charge is 0.305 e. The molecule has 1 nitrogen and oxygen atoms in total. The topological polar surface area (TPSA) is 12.9 Å². The molecule has 0 atom stereocenters. The molecule has 0 amide bonds. The van der Waals surface area contributed by atoms with Crippen LogP contribution in [0, 0.1) is 6.07 Å². The monoisotopic (exact) mass is 751 g/mol. The maximum absolute atomic E-state index is 4.54. The predicted molar refractivity (Wildman–Crippen MR) is 185 cm³/mol. The molecule has 0 bridgehead atoms. The van der Waals surface area contributed by atoms with Gasteiger partial charge in [-0.05, 0) is 96.5 Å². The van der Waals surface area contributed by atoms with Gasteiger partial charge in [0.05, 0.1) is 0 Å². The number of hydrogen-bond acceptors (Lipinski definition) is 1. The van der Waals surface area contributed by atoms with Crippen LogP contribution in [0.3, 0.4) is 0 Å². The summed E-state index contributed by atoms with van der Waals surface area (Å²) in [4.78, 5) is 4.54. The molecule has 0 spiro atoms. The first-order chi connectivity index (χ1) is 21.8. The third kappa shape index (κ3) is 5.63. The second-order valence-electron chi connectivity index (χ2n) is 11.1. The third-order valence-electron chi connectivity index (χ3n) is 8.41. The molecule has 215 valence electrons. The number of aromatic nitrogens is 1. The molecule has 0 unspecified atom stereocenters. The van der Waals surface area contributed by atoms with Gasteiger partial charge in [-0.1, -0.05) is 115 Å². The fourth-order valence-electron chi connectivity index (χ4n) is 6.25. The van der Waals surface area contributed by atoms with E-state index in [0.717, 1.165) is 22.4 Å². The molecule has 0 saturated carbocycles. The average Bonchev–Trinajstić information content (AvgIpc) is 3.11. The van der Waals surface area contributed by atoms with Crippen molar-refractivity contribution in [3.05, 3.63) is 176 Å². The second kappa shape index (κ2) is 12.5. The quantitative estimate of drug-likeness (QED) is 0.160. The number of fused-ring (bicyclic) bond motifs is 2. The molecule has 1 heterocycles. The molecule has 0 aliphatic rings. The Balaban J connectivity index is 0.00000325. The normalized spacial score (nSPS) is 10.9.